The zero-order chi connectivity index (χ0) is 18.1. The number of hydrogen-bond acceptors (Lipinski definition) is 3. The summed E-state index contributed by atoms with van der Waals surface area (Å²) in [5.74, 6) is -0.341. The van der Waals surface area contributed by atoms with E-state index >= 15 is 0 Å². The highest BCUT2D eigenvalue weighted by Crippen LogP contribution is 2.33. The van der Waals surface area contributed by atoms with Gasteiger partial charge in [0.1, 0.15) is 0 Å². The van der Waals surface area contributed by atoms with E-state index in [1.807, 2.05) is 35.0 Å². The predicted molar refractivity (Wildman–Crippen MR) is 100 cm³/mol. The molecule has 0 bridgehead atoms. The number of benzene rings is 1. The van der Waals surface area contributed by atoms with E-state index < -0.39 is 0 Å². The molecule has 0 aliphatic heterocycles. The summed E-state index contributed by atoms with van der Waals surface area (Å²) in [5, 5.41) is 0. The molecule has 0 atom stereocenters. The first kappa shape index (κ1) is 16.9. The lowest BCUT2D eigenvalue weighted by atomic mass is 9.93. The van der Waals surface area contributed by atoms with Crippen LogP contribution in [0, 0.1) is 0 Å². The van der Waals surface area contributed by atoms with Gasteiger partial charge in [0.25, 0.3) is 5.56 Å². The molecule has 5 heteroatoms. The summed E-state index contributed by atoms with van der Waals surface area (Å²) in [6, 6.07) is 10.1. The van der Waals surface area contributed by atoms with Crippen LogP contribution in [0.4, 0.5) is 0 Å². The van der Waals surface area contributed by atoms with Crippen molar-refractivity contribution < 1.29 is 9.53 Å². The first-order valence-electron chi connectivity index (χ1n) is 9.41. The van der Waals surface area contributed by atoms with Crippen LogP contribution < -0.4 is 5.56 Å². The third-order valence-electron chi connectivity index (χ3n) is 5.54. The van der Waals surface area contributed by atoms with E-state index in [2.05, 4.69) is 4.68 Å². The summed E-state index contributed by atoms with van der Waals surface area (Å²) >= 11 is 0. The Morgan fingerprint density at radius 2 is 1.81 bits per heavy atom. The van der Waals surface area contributed by atoms with Crippen molar-refractivity contribution in [3.8, 4) is 5.69 Å². The molecule has 1 heterocycles. The first-order chi connectivity index (χ1) is 12.7. The summed E-state index contributed by atoms with van der Waals surface area (Å²) < 4.78 is 8.90. The molecule has 0 spiro atoms. The van der Waals surface area contributed by atoms with Gasteiger partial charge in [-0.1, -0.05) is 37.5 Å². The summed E-state index contributed by atoms with van der Waals surface area (Å²) in [6.45, 7) is 0. The molecule has 0 unspecified atom stereocenters. The molecule has 5 nitrogen and oxygen atoms in total. The summed E-state index contributed by atoms with van der Waals surface area (Å²) in [6.07, 6.45) is 8.91. The van der Waals surface area contributed by atoms with Crippen molar-refractivity contribution in [1.82, 2.24) is 9.36 Å². The number of carbonyl (C=O) groups excluding carboxylic acids is 1. The summed E-state index contributed by atoms with van der Waals surface area (Å²) in [7, 11) is 1.38. The van der Waals surface area contributed by atoms with Crippen molar-refractivity contribution >= 4 is 12.0 Å². The first-order valence-corrected chi connectivity index (χ1v) is 9.41. The number of rotatable bonds is 3. The van der Waals surface area contributed by atoms with Crippen molar-refractivity contribution in [2.45, 2.75) is 51.0 Å². The van der Waals surface area contributed by atoms with E-state index in [9.17, 15) is 9.59 Å². The number of aromatic nitrogens is 2. The van der Waals surface area contributed by atoms with Crippen molar-refractivity contribution in [2.24, 2.45) is 0 Å². The molecular weight excluding hydrogens is 328 g/mol. The van der Waals surface area contributed by atoms with E-state index in [1.54, 1.807) is 6.08 Å². The Morgan fingerprint density at radius 3 is 2.50 bits per heavy atom. The monoisotopic (exact) mass is 352 g/mol. The van der Waals surface area contributed by atoms with Gasteiger partial charge in [-0.25, -0.2) is 9.48 Å². The average molecular weight is 352 g/mol. The lowest BCUT2D eigenvalue weighted by molar-refractivity contribution is -0.136. The minimum atomic E-state index is -0.341. The lowest BCUT2D eigenvalue weighted by Gasteiger charge is -2.28. The van der Waals surface area contributed by atoms with Crippen molar-refractivity contribution in [2.75, 3.05) is 7.11 Å². The minimum Gasteiger partial charge on any atom is -0.466 e. The van der Waals surface area contributed by atoms with Crippen LogP contribution in [0.1, 0.15) is 55.8 Å². The maximum atomic E-state index is 13.3. The van der Waals surface area contributed by atoms with Gasteiger partial charge in [0.15, 0.2) is 0 Å². The molecular formula is C21H24N2O3. The van der Waals surface area contributed by atoms with Gasteiger partial charge in [-0.2, -0.15) is 0 Å². The fourth-order valence-corrected chi connectivity index (χ4v) is 4.29. The third kappa shape index (κ3) is 2.81. The molecule has 136 valence electrons. The minimum absolute atomic E-state index is 0.0436. The van der Waals surface area contributed by atoms with E-state index in [0.717, 1.165) is 24.2 Å². The number of fused-ring (bicyclic) bond motifs is 1. The molecule has 2 aliphatic rings. The zero-order valence-corrected chi connectivity index (χ0v) is 15.1. The second kappa shape index (κ2) is 6.98. The lowest BCUT2D eigenvalue weighted by Crippen LogP contribution is -2.26. The molecule has 1 aromatic heterocycles. The largest absolute Gasteiger partial charge is 0.466 e. The highest BCUT2D eigenvalue weighted by Gasteiger charge is 2.29. The molecule has 2 aliphatic carbocycles. The van der Waals surface area contributed by atoms with Crippen LogP contribution in [0.5, 0.6) is 0 Å². The fraction of sp³-hybridized carbons (Fsp3) is 0.429. The van der Waals surface area contributed by atoms with Gasteiger partial charge in [-0.15, -0.1) is 0 Å². The van der Waals surface area contributed by atoms with Gasteiger partial charge in [0.2, 0.25) is 0 Å². The second-order valence-electron chi connectivity index (χ2n) is 7.11. The molecule has 0 amide bonds. The highest BCUT2D eigenvalue weighted by atomic mass is 16.5. The number of hydrogen-bond donors (Lipinski definition) is 0. The second-order valence-corrected chi connectivity index (χ2v) is 7.11. The molecule has 26 heavy (non-hydrogen) atoms. The van der Waals surface area contributed by atoms with E-state index in [1.165, 1.54) is 26.4 Å². The number of nitrogens with zero attached hydrogens (tertiary/aromatic N) is 2. The Balaban J connectivity index is 1.91. The molecule has 2 aromatic rings. The molecule has 0 N–H and O–H groups in total. The van der Waals surface area contributed by atoms with Gasteiger partial charge in [-0.05, 0) is 43.9 Å². The molecule has 1 saturated carbocycles. The number of esters is 1. The Labute approximate surface area is 152 Å². The van der Waals surface area contributed by atoms with E-state index in [-0.39, 0.29) is 11.5 Å². The smallest absolute Gasteiger partial charge is 0.333 e. The molecule has 1 fully saturated rings. The van der Waals surface area contributed by atoms with E-state index in [0.29, 0.717) is 30.0 Å². The van der Waals surface area contributed by atoms with Gasteiger partial charge in [0.05, 0.1) is 24.4 Å². The van der Waals surface area contributed by atoms with Crippen LogP contribution in [0.25, 0.3) is 11.8 Å². The van der Waals surface area contributed by atoms with Crippen molar-refractivity contribution in [1.29, 1.82) is 0 Å². The van der Waals surface area contributed by atoms with Gasteiger partial charge >= 0.3 is 5.97 Å². The van der Waals surface area contributed by atoms with Crippen LogP contribution in [0.2, 0.25) is 0 Å². The summed E-state index contributed by atoms with van der Waals surface area (Å²) in [5.41, 5.74) is 3.12. The van der Waals surface area contributed by atoms with E-state index in [4.69, 9.17) is 4.74 Å². The van der Waals surface area contributed by atoms with Crippen LogP contribution in [-0.4, -0.2) is 22.4 Å². The Bertz CT molecular complexity index is 899. The topological polar surface area (TPSA) is 53.2 Å². The SMILES string of the molecule is COC(=O)C1=Cc2c(n(C3CCCCC3)n(-c3ccccc3)c2=O)CC1. The normalized spacial score (nSPS) is 17.5. The number of ether oxygens (including phenoxy) is 1. The van der Waals surface area contributed by atoms with Crippen molar-refractivity contribution in [3.05, 3.63) is 57.5 Å². The average Bonchev–Trinajstić information content (AvgIpc) is 3.00. The summed E-state index contributed by atoms with van der Waals surface area (Å²) in [4.78, 5) is 25.2. The maximum Gasteiger partial charge on any atom is 0.333 e. The standard InChI is InChI=1S/C21H24N2O3/c1-26-21(25)15-12-13-19-18(14-15)20(24)23(17-10-6-3-7-11-17)22(19)16-8-4-2-5-9-16/h3,6-7,10-11,14,16H,2,4-5,8-9,12-13H2,1H3. The number of methoxy groups -OCH3 is 1. The van der Waals surface area contributed by atoms with Crippen molar-refractivity contribution in [3.63, 3.8) is 0 Å². The maximum absolute atomic E-state index is 13.3. The Hall–Kier alpha value is -2.56. The quantitative estimate of drug-likeness (QED) is 0.793. The highest BCUT2D eigenvalue weighted by molar-refractivity contribution is 5.94. The Morgan fingerprint density at radius 1 is 1.08 bits per heavy atom. The van der Waals surface area contributed by atoms with Gasteiger partial charge < -0.3 is 4.74 Å². The molecule has 0 saturated heterocycles. The fourth-order valence-electron chi connectivity index (χ4n) is 4.29. The predicted octanol–water partition coefficient (Wildman–Crippen LogP) is 3.65. The molecule has 0 radical (unpaired) electrons. The number of carbonyl (C=O) groups is 1. The third-order valence-corrected chi connectivity index (χ3v) is 5.54. The van der Waals surface area contributed by atoms with Crippen LogP contribution in [0.3, 0.4) is 0 Å². The van der Waals surface area contributed by atoms with Gasteiger partial charge in [-0.3, -0.25) is 9.48 Å². The zero-order valence-electron chi connectivity index (χ0n) is 15.1. The van der Waals surface area contributed by atoms with Crippen LogP contribution >= 0.6 is 0 Å². The molecule has 1 aromatic carbocycles. The van der Waals surface area contributed by atoms with Gasteiger partial charge in [0, 0.05) is 11.3 Å². The Kier molecular flexibility index (Phi) is 4.53. The molecule has 4 rings (SSSR count). The number of para-hydroxylation sites is 1. The van der Waals surface area contributed by atoms with Crippen LogP contribution in [-0.2, 0) is 16.0 Å². The van der Waals surface area contributed by atoms with Crippen LogP contribution in [0.15, 0.2) is 40.7 Å².